The highest BCUT2D eigenvalue weighted by Gasteiger charge is 2.63. The minimum Gasteiger partial charge on any atom is -0.492 e. The van der Waals surface area contributed by atoms with Gasteiger partial charge in [0.1, 0.15) is 17.9 Å². The minimum absolute atomic E-state index is 0.00641. The van der Waals surface area contributed by atoms with Crippen molar-refractivity contribution in [3.8, 4) is 16.9 Å². The van der Waals surface area contributed by atoms with E-state index < -0.39 is 27.4 Å². The van der Waals surface area contributed by atoms with Crippen LogP contribution in [0.1, 0.15) is 17.9 Å². The lowest BCUT2D eigenvalue weighted by Gasteiger charge is -2.16. The molecule has 0 radical (unpaired) electrons. The molecule has 1 fully saturated rings. The van der Waals surface area contributed by atoms with Gasteiger partial charge < -0.3 is 14.4 Å². The molecule has 3 aromatic carbocycles. The molecular formula is C27H24ClN3O5S. The Bertz CT molecular complexity index is 1510. The quantitative estimate of drug-likeness (QED) is 0.306. The maximum absolute atomic E-state index is 13.2. The molecule has 0 unspecified atom stereocenters. The van der Waals surface area contributed by atoms with E-state index in [1.807, 2.05) is 22.9 Å². The number of hydrogen-bond acceptors (Lipinski definition) is 5. The molecule has 10 heteroatoms. The third kappa shape index (κ3) is 5.39. The van der Waals surface area contributed by atoms with Crippen LogP contribution in [-0.2, 0) is 21.4 Å². The van der Waals surface area contributed by atoms with E-state index in [0.717, 1.165) is 11.1 Å². The molecule has 1 heterocycles. The molecule has 0 saturated heterocycles. The summed E-state index contributed by atoms with van der Waals surface area (Å²) < 4.78 is 36.5. The molecule has 37 heavy (non-hydrogen) atoms. The van der Waals surface area contributed by atoms with Crippen LogP contribution < -0.4 is 9.46 Å². The Morgan fingerprint density at radius 2 is 1.81 bits per heavy atom. The van der Waals surface area contributed by atoms with Gasteiger partial charge in [0.05, 0.1) is 17.8 Å². The normalized spacial score (nSPS) is 18.9. The number of imidazole rings is 1. The number of carboxylic acid groups (broad SMARTS) is 1. The summed E-state index contributed by atoms with van der Waals surface area (Å²) in [6, 6.07) is 20.6. The van der Waals surface area contributed by atoms with Gasteiger partial charge in [-0.2, -0.15) is 4.72 Å². The number of carbonyl (C=O) groups is 1. The van der Waals surface area contributed by atoms with Crippen LogP contribution in [0.25, 0.3) is 11.1 Å². The number of sulfonamides is 1. The fourth-order valence-electron chi connectivity index (χ4n) is 4.33. The number of hydrogen-bond donors (Lipinski definition) is 2. The lowest BCUT2D eigenvalue weighted by atomic mass is 10.1. The first-order chi connectivity index (χ1) is 17.8. The van der Waals surface area contributed by atoms with Crippen molar-refractivity contribution in [3.05, 3.63) is 102 Å². The minimum atomic E-state index is -4.09. The smallest absolute Gasteiger partial charge is 0.325 e. The van der Waals surface area contributed by atoms with Gasteiger partial charge in [-0.3, -0.25) is 4.79 Å². The number of carboxylic acids is 1. The zero-order chi connectivity index (χ0) is 26.0. The molecule has 1 aliphatic carbocycles. The fourth-order valence-corrected chi connectivity index (χ4v) is 5.87. The summed E-state index contributed by atoms with van der Waals surface area (Å²) in [5, 5.41) is 10.6. The highest BCUT2D eigenvalue weighted by molar-refractivity contribution is 7.89. The molecule has 2 N–H and O–H groups in total. The van der Waals surface area contributed by atoms with Gasteiger partial charge in [-0.05, 0) is 59.5 Å². The Morgan fingerprint density at radius 3 is 2.46 bits per heavy atom. The second kappa shape index (κ2) is 10.0. The van der Waals surface area contributed by atoms with E-state index in [2.05, 4.69) is 9.71 Å². The summed E-state index contributed by atoms with van der Waals surface area (Å²) in [6.45, 7) is 1.02. The third-order valence-corrected chi connectivity index (χ3v) is 8.22. The molecule has 0 bridgehead atoms. The average molecular weight is 538 g/mol. The maximum atomic E-state index is 13.2. The van der Waals surface area contributed by atoms with Crippen LogP contribution in [0.15, 0.2) is 96.4 Å². The number of benzene rings is 3. The monoisotopic (exact) mass is 537 g/mol. The molecule has 1 saturated carbocycles. The molecule has 0 amide bonds. The van der Waals surface area contributed by atoms with Crippen molar-refractivity contribution in [1.29, 1.82) is 0 Å². The topological polar surface area (TPSA) is 111 Å². The second-order valence-electron chi connectivity index (χ2n) is 8.89. The van der Waals surface area contributed by atoms with Gasteiger partial charge in [0.2, 0.25) is 10.0 Å². The largest absolute Gasteiger partial charge is 0.492 e. The van der Waals surface area contributed by atoms with Gasteiger partial charge in [-0.15, -0.1) is 0 Å². The summed E-state index contributed by atoms with van der Waals surface area (Å²) in [4.78, 5) is 16.2. The number of ether oxygens (including phenoxy) is 1. The molecule has 5 rings (SSSR count). The summed E-state index contributed by atoms with van der Waals surface area (Å²) in [7, 11) is -4.09. The molecule has 1 aliphatic rings. The zero-order valence-electron chi connectivity index (χ0n) is 19.6. The predicted octanol–water partition coefficient (Wildman–Crippen LogP) is 4.57. The summed E-state index contributed by atoms with van der Waals surface area (Å²) in [5.74, 6) is -1.15. The van der Waals surface area contributed by atoms with E-state index in [4.69, 9.17) is 16.3 Å². The summed E-state index contributed by atoms with van der Waals surface area (Å²) in [5.41, 5.74) is 0.780. The van der Waals surface area contributed by atoms with Crippen molar-refractivity contribution in [2.75, 3.05) is 6.61 Å². The molecule has 0 spiro atoms. The van der Waals surface area contributed by atoms with Gasteiger partial charge in [-0.25, -0.2) is 13.4 Å². The Hall–Kier alpha value is -3.66. The van der Waals surface area contributed by atoms with Crippen LogP contribution >= 0.6 is 11.6 Å². The molecular weight excluding hydrogens is 514 g/mol. The van der Waals surface area contributed by atoms with Crippen LogP contribution in [0.2, 0.25) is 5.02 Å². The number of rotatable bonds is 10. The Labute approximate surface area is 219 Å². The molecule has 190 valence electrons. The van der Waals surface area contributed by atoms with Gasteiger partial charge in [-0.1, -0.05) is 48.0 Å². The SMILES string of the molecule is O=C(O)[C@@]1(NS(=O)(=O)c2ccc(-c3ccc(Cl)cc3)cc2)C[C@H]1c1cccc(OCCn2ccnc2)c1. The average Bonchev–Trinajstić information content (AvgIpc) is 3.37. The Kier molecular flexibility index (Phi) is 6.76. The summed E-state index contributed by atoms with van der Waals surface area (Å²) in [6.07, 6.45) is 5.36. The molecule has 1 aromatic heterocycles. The van der Waals surface area contributed by atoms with E-state index >= 15 is 0 Å². The molecule has 0 aliphatic heterocycles. The standard InChI is InChI=1S/C27H24ClN3O5S/c28-22-8-4-19(5-9-22)20-6-10-24(11-7-20)37(34,35)30-27(26(32)33)17-25(27)21-2-1-3-23(16-21)36-15-14-31-13-12-29-18-31/h1-13,16,18,25,30H,14-15,17H2,(H,32,33)/t25-,27+/m0/s1. The number of nitrogens with one attached hydrogen (secondary N) is 1. The second-order valence-corrected chi connectivity index (χ2v) is 11.0. The molecule has 4 aromatic rings. The van der Waals surface area contributed by atoms with Crippen molar-refractivity contribution in [2.24, 2.45) is 0 Å². The number of nitrogens with zero attached hydrogens (tertiary/aromatic N) is 2. The van der Waals surface area contributed by atoms with Crippen molar-refractivity contribution >= 4 is 27.6 Å². The van der Waals surface area contributed by atoms with E-state index in [0.29, 0.717) is 29.5 Å². The van der Waals surface area contributed by atoms with Crippen molar-refractivity contribution in [3.63, 3.8) is 0 Å². The van der Waals surface area contributed by atoms with Crippen LogP contribution in [-0.4, -0.2) is 41.2 Å². The number of aromatic nitrogens is 2. The lowest BCUT2D eigenvalue weighted by molar-refractivity contribution is -0.140. The van der Waals surface area contributed by atoms with Crippen LogP contribution in [0.3, 0.4) is 0 Å². The van der Waals surface area contributed by atoms with Gasteiger partial charge in [0, 0.05) is 23.3 Å². The predicted molar refractivity (Wildman–Crippen MR) is 139 cm³/mol. The van der Waals surface area contributed by atoms with E-state index in [9.17, 15) is 18.3 Å². The fraction of sp³-hybridized carbons (Fsp3) is 0.185. The van der Waals surface area contributed by atoms with Gasteiger partial charge >= 0.3 is 5.97 Å². The van der Waals surface area contributed by atoms with Crippen molar-refractivity contribution in [1.82, 2.24) is 14.3 Å². The first-order valence-electron chi connectivity index (χ1n) is 11.6. The van der Waals surface area contributed by atoms with Crippen LogP contribution in [0.4, 0.5) is 0 Å². The highest BCUT2D eigenvalue weighted by Crippen LogP contribution is 2.53. The molecule has 2 atom stereocenters. The van der Waals surface area contributed by atoms with Crippen LogP contribution in [0, 0.1) is 0 Å². The highest BCUT2D eigenvalue weighted by atomic mass is 35.5. The summed E-state index contributed by atoms with van der Waals surface area (Å²) >= 11 is 5.94. The van der Waals surface area contributed by atoms with Gasteiger partial charge in [0.15, 0.2) is 0 Å². The maximum Gasteiger partial charge on any atom is 0.325 e. The first-order valence-corrected chi connectivity index (χ1v) is 13.4. The van der Waals surface area contributed by atoms with Crippen LogP contribution in [0.5, 0.6) is 5.75 Å². The van der Waals surface area contributed by atoms with E-state index in [-0.39, 0.29) is 11.3 Å². The number of aliphatic carboxylic acids is 1. The number of halogens is 1. The molecule has 8 nitrogen and oxygen atoms in total. The Morgan fingerprint density at radius 1 is 1.11 bits per heavy atom. The van der Waals surface area contributed by atoms with E-state index in [1.54, 1.807) is 61.1 Å². The third-order valence-electron chi connectivity index (χ3n) is 6.44. The first kappa shape index (κ1) is 25.0. The Balaban J connectivity index is 1.29. The lowest BCUT2D eigenvalue weighted by Crippen LogP contribution is -2.44. The zero-order valence-corrected chi connectivity index (χ0v) is 21.2. The van der Waals surface area contributed by atoms with E-state index in [1.165, 1.54) is 12.1 Å². The van der Waals surface area contributed by atoms with Gasteiger partial charge in [0.25, 0.3) is 0 Å². The van der Waals surface area contributed by atoms with Crippen molar-refractivity contribution < 1.29 is 23.1 Å². The van der Waals surface area contributed by atoms with Crippen molar-refractivity contribution in [2.45, 2.75) is 29.3 Å².